The van der Waals surface area contributed by atoms with Crippen LogP contribution in [-0.4, -0.2) is 15.7 Å². The molecule has 0 aliphatic rings. The van der Waals surface area contributed by atoms with Crippen molar-refractivity contribution in [2.24, 2.45) is 7.05 Å². The summed E-state index contributed by atoms with van der Waals surface area (Å²) < 4.78 is 1.49. The zero-order valence-corrected chi connectivity index (χ0v) is 9.46. The molecule has 0 aliphatic carbocycles. The van der Waals surface area contributed by atoms with Gasteiger partial charge >= 0.3 is 0 Å². The van der Waals surface area contributed by atoms with Crippen molar-refractivity contribution in [3.63, 3.8) is 0 Å². The third-order valence-corrected chi connectivity index (χ3v) is 2.30. The van der Waals surface area contributed by atoms with Crippen LogP contribution in [0, 0.1) is 0 Å². The van der Waals surface area contributed by atoms with Crippen molar-refractivity contribution in [2.45, 2.75) is 6.61 Å². The summed E-state index contributed by atoms with van der Waals surface area (Å²) in [4.78, 5) is 16.7. The van der Waals surface area contributed by atoms with Gasteiger partial charge in [0.2, 0.25) is 0 Å². The number of hydrogen-bond donors (Lipinski definition) is 1. The van der Waals surface area contributed by atoms with E-state index in [9.17, 15) is 4.79 Å². The van der Waals surface area contributed by atoms with E-state index in [-0.39, 0.29) is 5.91 Å². The summed E-state index contributed by atoms with van der Waals surface area (Å²) in [7, 11) is 1.70. The summed E-state index contributed by atoms with van der Waals surface area (Å²) in [5.41, 5.74) is 3.83. The molecule has 1 heterocycles. The third kappa shape index (κ3) is 2.92. The largest absolute Gasteiger partial charge is 0.293 e. The molecular weight excluding hydrogens is 218 g/mol. The Balaban J connectivity index is 1.84. The van der Waals surface area contributed by atoms with E-state index in [4.69, 9.17) is 4.84 Å². The number of hydrogen-bond acceptors (Lipinski definition) is 3. The summed E-state index contributed by atoms with van der Waals surface area (Å²) in [5.74, 6) is -0.305. The zero-order chi connectivity index (χ0) is 12.1. The molecular formula is C12H13N3O2. The van der Waals surface area contributed by atoms with Crippen LogP contribution in [0.3, 0.4) is 0 Å². The van der Waals surface area contributed by atoms with Gasteiger partial charge in [-0.3, -0.25) is 14.3 Å². The number of carbonyl (C=O) groups is 1. The minimum atomic E-state index is -0.305. The molecule has 1 aromatic heterocycles. The highest BCUT2D eigenvalue weighted by atomic mass is 16.6. The topological polar surface area (TPSA) is 56.2 Å². The lowest BCUT2D eigenvalue weighted by Crippen LogP contribution is -2.25. The van der Waals surface area contributed by atoms with Crippen molar-refractivity contribution in [1.29, 1.82) is 0 Å². The number of amides is 1. The predicted octanol–water partition coefficient (Wildman–Crippen LogP) is 1.28. The van der Waals surface area contributed by atoms with Gasteiger partial charge in [0.15, 0.2) is 0 Å². The first-order valence-corrected chi connectivity index (χ1v) is 5.21. The van der Waals surface area contributed by atoms with E-state index in [1.165, 1.54) is 4.68 Å². The van der Waals surface area contributed by atoms with Crippen LogP contribution in [-0.2, 0) is 18.5 Å². The SMILES string of the molecule is Cn1nccc1C(=O)NOCc1ccccc1. The lowest BCUT2D eigenvalue weighted by molar-refractivity contribution is 0.0226. The minimum absolute atomic E-state index is 0.305. The lowest BCUT2D eigenvalue weighted by Gasteiger charge is -2.05. The smallest absolute Gasteiger partial charge is 0.269 e. The second-order valence-electron chi connectivity index (χ2n) is 3.55. The molecule has 1 aromatic carbocycles. The Labute approximate surface area is 99.0 Å². The first kappa shape index (κ1) is 11.3. The van der Waals surface area contributed by atoms with Crippen molar-refractivity contribution in [2.75, 3.05) is 0 Å². The summed E-state index contributed by atoms with van der Waals surface area (Å²) >= 11 is 0. The Hall–Kier alpha value is -2.14. The predicted molar refractivity (Wildman–Crippen MR) is 61.9 cm³/mol. The van der Waals surface area contributed by atoms with Gasteiger partial charge in [-0.2, -0.15) is 5.10 Å². The molecule has 5 nitrogen and oxygen atoms in total. The van der Waals surface area contributed by atoms with Crippen molar-refractivity contribution in [3.05, 3.63) is 53.9 Å². The van der Waals surface area contributed by atoms with Crippen LogP contribution in [0.4, 0.5) is 0 Å². The molecule has 0 bridgehead atoms. The first-order valence-electron chi connectivity index (χ1n) is 5.21. The van der Waals surface area contributed by atoms with Gasteiger partial charge in [0, 0.05) is 13.2 Å². The number of nitrogens with one attached hydrogen (secondary N) is 1. The molecule has 2 aromatic rings. The van der Waals surface area contributed by atoms with Gasteiger partial charge in [0.05, 0.1) is 6.61 Å². The fourth-order valence-corrected chi connectivity index (χ4v) is 1.41. The van der Waals surface area contributed by atoms with Gasteiger partial charge in [-0.05, 0) is 11.6 Å². The van der Waals surface area contributed by atoms with Crippen LogP contribution in [0.15, 0.2) is 42.6 Å². The average molecular weight is 231 g/mol. The monoisotopic (exact) mass is 231 g/mol. The van der Waals surface area contributed by atoms with Gasteiger partial charge < -0.3 is 0 Å². The van der Waals surface area contributed by atoms with E-state index in [0.717, 1.165) is 5.56 Å². The van der Waals surface area contributed by atoms with Crippen LogP contribution in [0.5, 0.6) is 0 Å². The third-order valence-electron chi connectivity index (χ3n) is 2.30. The number of aryl methyl sites for hydroxylation is 1. The Kier molecular flexibility index (Phi) is 3.52. The maximum atomic E-state index is 11.6. The van der Waals surface area contributed by atoms with Crippen molar-refractivity contribution >= 4 is 5.91 Å². The highest BCUT2D eigenvalue weighted by molar-refractivity contribution is 5.91. The number of nitrogens with zero attached hydrogens (tertiary/aromatic N) is 2. The maximum absolute atomic E-state index is 11.6. The molecule has 1 N–H and O–H groups in total. The van der Waals surface area contributed by atoms with Crippen LogP contribution in [0.1, 0.15) is 16.1 Å². The number of hydroxylamine groups is 1. The second kappa shape index (κ2) is 5.27. The molecule has 5 heteroatoms. The van der Waals surface area contributed by atoms with E-state index >= 15 is 0 Å². The normalized spacial score (nSPS) is 10.2. The molecule has 0 saturated heterocycles. The average Bonchev–Trinajstić information content (AvgIpc) is 2.77. The highest BCUT2D eigenvalue weighted by Crippen LogP contribution is 2.00. The minimum Gasteiger partial charge on any atom is -0.269 e. The molecule has 0 saturated carbocycles. The molecule has 0 spiro atoms. The Morgan fingerprint density at radius 1 is 1.35 bits per heavy atom. The van der Waals surface area contributed by atoms with E-state index in [1.54, 1.807) is 19.3 Å². The van der Waals surface area contributed by atoms with Crippen molar-refractivity contribution in [1.82, 2.24) is 15.3 Å². The van der Waals surface area contributed by atoms with E-state index < -0.39 is 0 Å². The summed E-state index contributed by atoms with van der Waals surface area (Å²) in [6.07, 6.45) is 1.56. The molecule has 0 aliphatic heterocycles. The molecule has 2 rings (SSSR count). The van der Waals surface area contributed by atoms with E-state index in [0.29, 0.717) is 12.3 Å². The Morgan fingerprint density at radius 2 is 2.12 bits per heavy atom. The molecule has 1 amide bonds. The van der Waals surface area contributed by atoms with Crippen LogP contribution < -0.4 is 5.48 Å². The van der Waals surface area contributed by atoms with Gasteiger partial charge in [-0.25, -0.2) is 5.48 Å². The van der Waals surface area contributed by atoms with Gasteiger partial charge in [-0.15, -0.1) is 0 Å². The van der Waals surface area contributed by atoms with Gasteiger partial charge in [0.1, 0.15) is 5.69 Å². The van der Waals surface area contributed by atoms with Crippen LogP contribution in [0.25, 0.3) is 0 Å². The van der Waals surface area contributed by atoms with Crippen molar-refractivity contribution in [3.8, 4) is 0 Å². The molecule has 0 fully saturated rings. The Bertz CT molecular complexity index is 493. The van der Waals surface area contributed by atoms with E-state index in [2.05, 4.69) is 10.6 Å². The maximum Gasteiger partial charge on any atom is 0.293 e. The highest BCUT2D eigenvalue weighted by Gasteiger charge is 2.09. The van der Waals surface area contributed by atoms with Crippen LogP contribution >= 0.6 is 0 Å². The number of benzene rings is 1. The van der Waals surface area contributed by atoms with Gasteiger partial charge in [0.25, 0.3) is 5.91 Å². The fraction of sp³-hybridized carbons (Fsp3) is 0.167. The zero-order valence-electron chi connectivity index (χ0n) is 9.46. The number of carbonyl (C=O) groups excluding carboxylic acids is 1. The molecule has 0 radical (unpaired) electrons. The molecule has 0 unspecified atom stereocenters. The summed E-state index contributed by atoms with van der Waals surface area (Å²) in [6, 6.07) is 11.2. The molecule has 17 heavy (non-hydrogen) atoms. The Morgan fingerprint density at radius 3 is 2.76 bits per heavy atom. The molecule has 0 atom stereocenters. The lowest BCUT2D eigenvalue weighted by atomic mass is 10.2. The fourth-order valence-electron chi connectivity index (χ4n) is 1.41. The second-order valence-corrected chi connectivity index (χ2v) is 3.55. The first-order chi connectivity index (χ1) is 8.27. The summed E-state index contributed by atoms with van der Waals surface area (Å²) in [5, 5.41) is 3.90. The van der Waals surface area contributed by atoms with Crippen LogP contribution in [0.2, 0.25) is 0 Å². The number of aromatic nitrogens is 2. The quantitative estimate of drug-likeness (QED) is 0.806. The van der Waals surface area contributed by atoms with Gasteiger partial charge in [-0.1, -0.05) is 30.3 Å². The standard InChI is InChI=1S/C12H13N3O2/c1-15-11(7-8-13-15)12(16)14-17-9-10-5-3-2-4-6-10/h2-8H,9H2,1H3,(H,14,16). The molecule has 88 valence electrons. The van der Waals surface area contributed by atoms with E-state index in [1.807, 2.05) is 30.3 Å². The summed E-state index contributed by atoms with van der Waals surface area (Å²) in [6.45, 7) is 0.338. The number of rotatable bonds is 4. The van der Waals surface area contributed by atoms with Crippen molar-refractivity contribution < 1.29 is 9.63 Å².